The van der Waals surface area contributed by atoms with Crippen molar-refractivity contribution in [2.24, 2.45) is 11.8 Å². The molecule has 18 nitrogen and oxygen atoms in total. The normalized spacial score (nSPS) is 26.7. The molecule has 336 valence electrons. The fraction of sp³-hybridized carbons (Fsp3) is 0.805. The maximum Gasteiger partial charge on any atom is 0.248 e. The molecule has 0 radical (unpaired) electrons. The maximum absolute atomic E-state index is 14.3. The van der Waals surface area contributed by atoms with Crippen molar-refractivity contribution in [2.45, 2.75) is 149 Å². The number of aliphatic hydroxyl groups excluding tert-OH is 1. The SMILES string of the molecule is CC(C)C[C@H]1C(=O)N[C@@H]([C@@H](C)O)C(=O)N(C)CC(=O)N[C@@H](COC(C)(C)C)C(=O)N(C)[C@@H](CC(C)C)C(=O)NC(C(=O)N2CCCCC2)CC(=O)N(C)C(C)C(=O)N1C. The third-order valence-electron chi connectivity index (χ3n) is 10.7. The van der Waals surface area contributed by atoms with Crippen molar-refractivity contribution in [2.75, 3.05) is 54.4 Å². The topological polar surface area (TPSA) is 218 Å². The van der Waals surface area contributed by atoms with E-state index >= 15 is 0 Å². The van der Waals surface area contributed by atoms with Gasteiger partial charge in [0.2, 0.25) is 47.3 Å². The highest BCUT2D eigenvalue weighted by Gasteiger charge is 2.40. The lowest BCUT2D eigenvalue weighted by Crippen LogP contribution is -2.61. The van der Waals surface area contributed by atoms with E-state index in [-0.39, 0.29) is 31.3 Å². The fourth-order valence-corrected chi connectivity index (χ4v) is 7.04. The van der Waals surface area contributed by atoms with E-state index < -0.39 is 108 Å². The first-order valence-electron chi connectivity index (χ1n) is 20.8. The highest BCUT2D eigenvalue weighted by atomic mass is 16.5. The Balaban J connectivity index is 2.75. The quantitative estimate of drug-likeness (QED) is 0.259. The molecule has 2 fully saturated rings. The Hall–Kier alpha value is -4.32. The van der Waals surface area contributed by atoms with E-state index in [0.717, 1.165) is 24.2 Å². The van der Waals surface area contributed by atoms with Crippen LogP contribution in [0.1, 0.15) is 101 Å². The van der Waals surface area contributed by atoms with Crippen molar-refractivity contribution < 1.29 is 48.2 Å². The number of likely N-dealkylation sites (tertiary alicyclic amines) is 1. The minimum atomic E-state index is -1.52. The largest absolute Gasteiger partial charge is 0.391 e. The van der Waals surface area contributed by atoms with Gasteiger partial charge in [0, 0.05) is 41.3 Å². The van der Waals surface area contributed by atoms with Gasteiger partial charge in [-0.15, -0.1) is 0 Å². The van der Waals surface area contributed by atoms with Crippen molar-refractivity contribution in [1.29, 1.82) is 0 Å². The Bertz CT molecular complexity index is 1510. The molecule has 7 atom stereocenters. The summed E-state index contributed by atoms with van der Waals surface area (Å²) in [5.41, 5.74) is -0.736. The first kappa shape index (κ1) is 50.8. The highest BCUT2D eigenvalue weighted by Crippen LogP contribution is 2.19. The Labute approximate surface area is 350 Å². The maximum atomic E-state index is 14.3. The van der Waals surface area contributed by atoms with E-state index in [0.29, 0.717) is 13.1 Å². The molecule has 2 saturated heterocycles. The molecular weight excluding hydrogens is 764 g/mol. The van der Waals surface area contributed by atoms with Crippen molar-refractivity contribution in [3.8, 4) is 0 Å². The third-order valence-corrected chi connectivity index (χ3v) is 10.7. The molecule has 8 amide bonds. The molecule has 4 N–H and O–H groups in total. The molecule has 0 aromatic carbocycles. The first-order chi connectivity index (χ1) is 27.3. The van der Waals surface area contributed by atoms with E-state index in [4.69, 9.17) is 4.74 Å². The molecule has 0 saturated carbocycles. The summed E-state index contributed by atoms with van der Waals surface area (Å²) in [6, 6.07) is -7.59. The van der Waals surface area contributed by atoms with E-state index in [1.54, 1.807) is 25.7 Å². The Morgan fingerprint density at radius 2 is 1.25 bits per heavy atom. The van der Waals surface area contributed by atoms with Crippen LogP contribution in [-0.4, -0.2) is 179 Å². The van der Waals surface area contributed by atoms with E-state index in [1.165, 1.54) is 56.7 Å². The van der Waals surface area contributed by atoms with Crippen molar-refractivity contribution in [1.82, 2.24) is 40.4 Å². The molecule has 0 aliphatic carbocycles. The third kappa shape index (κ3) is 15.0. The standard InChI is InChI=1S/C41H72N8O10/c1-24(2)19-30-35(53)43-28(39(57)49-17-15-14-16-18-49)21-33(52)46(11)26(5)37(55)47(12)31(20-25(3)4)36(54)44-34(27(6)50)40(58)45(10)22-32(51)42-29(38(56)48(30)13)23-59-41(7,8)9/h24-31,34,50H,14-23H2,1-13H3,(H,42,51)(H,43,53)(H,44,54)/t26?,27-,28?,29+,30+,31+,34+/m1/s1. The number of nitrogens with zero attached hydrogens (tertiary/aromatic N) is 5. The number of hydrogen-bond acceptors (Lipinski definition) is 10. The number of aliphatic hydroxyl groups is 1. The van der Waals surface area contributed by atoms with Gasteiger partial charge in [-0.3, -0.25) is 38.4 Å². The zero-order valence-electron chi connectivity index (χ0n) is 37.6. The molecule has 0 aromatic rings. The smallest absolute Gasteiger partial charge is 0.248 e. The van der Waals surface area contributed by atoms with Crippen molar-refractivity contribution >= 4 is 47.3 Å². The molecular formula is C41H72N8O10. The average Bonchev–Trinajstić information content (AvgIpc) is 3.16. The fourth-order valence-electron chi connectivity index (χ4n) is 7.04. The Kier molecular flexibility index (Phi) is 19.2. The van der Waals surface area contributed by atoms with Crippen LogP contribution in [0.5, 0.6) is 0 Å². The molecule has 0 bridgehead atoms. The summed E-state index contributed by atoms with van der Waals surface area (Å²) in [5.74, 6) is -5.62. The second-order valence-electron chi connectivity index (χ2n) is 18.0. The number of piperidine rings is 1. The lowest BCUT2D eigenvalue weighted by Gasteiger charge is -2.36. The van der Waals surface area contributed by atoms with Gasteiger partial charge in [-0.2, -0.15) is 0 Å². The van der Waals surface area contributed by atoms with Gasteiger partial charge in [-0.05, 0) is 78.6 Å². The predicted molar refractivity (Wildman–Crippen MR) is 220 cm³/mol. The van der Waals surface area contributed by atoms with Crippen molar-refractivity contribution in [3.05, 3.63) is 0 Å². The van der Waals surface area contributed by atoms with Crippen LogP contribution in [0, 0.1) is 11.8 Å². The van der Waals surface area contributed by atoms with E-state index in [2.05, 4.69) is 16.0 Å². The minimum Gasteiger partial charge on any atom is -0.391 e. The van der Waals surface area contributed by atoms with Gasteiger partial charge in [0.05, 0.1) is 31.3 Å². The molecule has 18 heteroatoms. The number of hydrogen-bond donors (Lipinski definition) is 4. The summed E-state index contributed by atoms with van der Waals surface area (Å²) >= 11 is 0. The summed E-state index contributed by atoms with van der Waals surface area (Å²) in [7, 11) is 5.52. The summed E-state index contributed by atoms with van der Waals surface area (Å²) in [5, 5.41) is 18.7. The number of amides is 8. The van der Waals surface area contributed by atoms with Crippen LogP contribution >= 0.6 is 0 Å². The van der Waals surface area contributed by atoms with Crippen LogP contribution in [0.15, 0.2) is 0 Å². The number of likely N-dealkylation sites (N-methyl/N-ethyl adjacent to an activating group) is 4. The Morgan fingerprint density at radius 3 is 1.75 bits per heavy atom. The second-order valence-corrected chi connectivity index (χ2v) is 18.0. The van der Waals surface area contributed by atoms with Crippen LogP contribution in [0.2, 0.25) is 0 Å². The van der Waals surface area contributed by atoms with Gasteiger partial charge in [0.1, 0.15) is 36.3 Å². The number of ether oxygens (including phenoxy) is 1. The van der Waals surface area contributed by atoms with Gasteiger partial charge >= 0.3 is 0 Å². The molecule has 0 aromatic heterocycles. The minimum absolute atomic E-state index is 0.108. The summed E-state index contributed by atoms with van der Waals surface area (Å²) in [6.07, 6.45) is 0.839. The zero-order valence-corrected chi connectivity index (χ0v) is 37.6. The number of nitrogens with one attached hydrogen (secondary N) is 3. The van der Waals surface area contributed by atoms with Gasteiger partial charge < -0.3 is 50.3 Å². The monoisotopic (exact) mass is 837 g/mol. The van der Waals surface area contributed by atoms with Crippen molar-refractivity contribution in [3.63, 3.8) is 0 Å². The van der Waals surface area contributed by atoms with Crippen LogP contribution in [-0.2, 0) is 43.1 Å². The molecule has 2 aliphatic heterocycles. The number of rotatable bonds is 8. The molecule has 2 aliphatic rings. The van der Waals surface area contributed by atoms with E-state index in [9.17, 15) is 43.5 Å². The van der Waals surface area contributed by atoms with Gasteiger partial charge in [-0.25, -0.2) is 0 Å². The number of carbonyl (C=O) groups excluding carboxylic acids is 8. The molecule has 2 rings (SSSR count). The molecule has 2 unspecified atom stereocenters. The zero-order chi connectivity index (χ0) is 45.1. The van der Waals surface area contributed by atoms with Gasteiger partial charge in [0.25, 0.3) is 0 Å². The second kappa shape index (κ2) is 22.3. The lowest BCUT2D eigenvalue weighted by molar-refractivity contribution is -0.150. The van der Waals surface area contributed by atoms with Crippen LogP contribution in [0.25, 0.3) is 0 Å². The number of carbonyl (C=O) groups is 8. The Morgan fingerprint density at radius 1 is 0.746 bits per heavy atom. The summed E-state index contributed by atoms with van der Waals surface area (Å²) in [6.45, 7) is 15.5. The van der Waals surface area contributed by atoms with Crippen LogP contribution in [0.3, 0.4) is 0 Å². The lowest BCUT2D eigenvalue weighted by atomic mass is 9.99. The van der Waals surface area contributed by atoms with Crippen LogP contribution in [0.4, 0.5) is 0 Å². The first-order valence-corrected chi connectivity index (χ1v) is 20.8. The summed E-state index contributed by atoms with van der Waals surface area (Å²) in [4.78, 5) is 118. The van der Waals surface area contributed by atoms with Gasteiger partial charge in [0.15, 0.2) is 0 Å². The van der Waals surface area contributed by atoms with Crippen LogP contribution < -0.4 is 16.0 Å². The molecule has 0 spiro atoms. The van der Waals surface area contributed by atoms with Gasteiger partial charge in [-0.1, -0.05) is 27.7 Å². The molecule has 59 heavy (non-hydrogen) atoms. The van der Waals surface area contributed by atoms with E-state index in [1.807, 2.05) is 27.7 Å². The predicted octanol–water partition coefficient (Wildman–Crippen LogP) is 0.104. The highest BCUT2D eigenvalue weighted by molar-refractivity contribution is 5.98. The summed E-state index contributed by atoms with van der Waals surface area (Å²) < 4.78 is 5.93. The average molecular weight is 837 g/mol. The molecule has 2 heterocycles.